The van der Waals surface area contributed by atoms with Gasteiger partial charge in [-0.2, -0.15) is 13.2 Å². The maximum absolute atomic E-state index is 12.9. The van der Waals surface area contributed by atoms with Crippen LogP contribution in [-0.2, 0) is 46.9 Å². The van der Waals surface area contributed by atoms with Crippen molar-refractivity contribution >= 4 is 28.1 Å². The van der Waals surface area contributed by atoms with E-state index in [1.807, 2.05) is 0 Å². The minimum atomic E-state index is -4.93. The maximum atomic E-state index is 12.9. The van der Waals surface area contributed by atoms with Gasteiger partial charge in [0.15, 0.2) is 28.1 Å². The van der Waals surface area contributed by atoms with Crippen LogP contribution in [0.2, 0.25) is 0 Å². The summed E-state index contributed by atoms with van der Waals surface area (Å²) in [6.45, 7) is 1.62. The van der Waals surface area contributed by atoms with E-state index in [4.69, 9.17) is 0 Å². The van der Waals surface area contributed by atoms with E-state index in [0.29, 0.717) is 23.8 Å². The Labute approximate surface area is 277 Å². The van der Waals surface area contributed by atoms with E-state index >= 15 is 0 Å². The molecule has 6 rings (SSSR count). The molecule has 21 heteroatoms. The van der Waals surface area contributed by atoms with Crippen LogP contribution in [0.5, 0.6) is 0 Å². The maximum Gasteiger partial charge on any atom is 0.422 e. The molecule has 1 N–H and O–H groups in total. The Morgan fingerprint density at radius 3 is 1.50 bits per heavy atom. The fraction of sp³-hybridized carbons (Fsp3) is 0.345. The lowest BCUT2D eigenvalue weighted by Gasteiger charge is -2.25. The van der Waals surface area contributed by atoms with Crippen molar-refractivity contribution in [2.45, 2.75) is 38.7 Å². The second-order valence-electron chi connectivity index (χ2n) is 11.4. The summed E-state index contributed by atoms with van der Waals surface area (Å²) in [5.41, 5.74) is -4.26. The SMILES string of the molecule is CC(=O)c1cnc(Cn2c(=O)c3c(ncn3C)n(C)c2=O)cn1.Cn1cnc2c1c(=O)n(Cc1cnc(C(C)(O)C(F)(F)F)cn1)c(=O)n2C. The first-order valence-electron chi connectivity index (χ1n) is 14.5. The summed E-state index contributed by atoms with van der Waals surface area (Å²) in [5.74, 6) is -0.201. The molecule has 6 aromatic rings. The summed E-state index contributed by atoms with van der Waals surface area (Å²) in [6, 6.07) is 0. The van der Waals surface area contributed by atoms with Crippen molar-refractivity contribution in [3.63, 3.8) is 0 Å². The molecule has 1 atom stereocenters. The van der Waals surface area contributed by atoms with Crippen molar-refractivity contribution in [2.75, 3.05) is 0 Å². The molecule has 0 aliphatic rings. The van der Waals surface area contributed by atoms with E-state index < -0.39 is 40.0 Å². The fourth-order valence-corrected chi connectivity index (χ4v) is 4.85. The number of rotatable bonds is 6. The molecule has 18 nitrogen and oxygen atoms in total. The van der Waals surface area contributed by atoms with Crippen molar-refractivity contribution in [2.24, 2.45) is 28.2 Å². The molecule has 0 spiro atoms. The molecule has 0 fully saturated rings. The molecule has 50 heavy (non-hydrogen) atoms. The fourth-order valence-electron chi connectivity index (χ4n) is 4.85. The minimum Gasteiger partial charge on any atom is -0.375 e. The standard InChI is InChI=1S/C15H15F3N6O3.C14H14N6O3/c1-14(27,15(16,17)18)9-5-19-8(4-20-9)6-24-12(25)10-11(21-7-22(10)2)23(3)13(24)26;1-8(21)10-5-15-9(4-16-10)6-20-13(22)11-12(17-7-18(11)2)19(3)14(20)23/h4-5,7,27H,6H2,1-3H3;4-5,7H,6H2,1-3H3. The molecule has 0 aromatic carbocycles. The van der Waals surface area contributed by atoms with Crippen LogP contribution in [-0.4, -0.2) is 74.4 Å². The van der Waals surface area contributed by atoms with Gasteiger partial charge in [0.1, 0.15) is 5.69 Å². The molecule has 0 radical (unpaired) electrons. The van der Waals surface area contributed by atoms with Crippen LogP contribution in [0, 0.1) is 0 Å². The van der Waals surface area contributed by atoms with Crippen LogP contribution in [0.25, 0.3) is 22.3 Å². The van der Waals surface area contributed by atoms with Gasteiger partial charge in [0.2, 0.25) is 5.60 Å². The van der Waals surface area contributed by atoms with Crippen LogP contribution in [0.4, 0.5) is 13.2 Å². The molecule has 0 saturated heterocycles. The number of hydrogen-bond donors (Lipinski definition) is 1. The van der Waals surface area contributed by atoms with E-state index in [2.05, 4.69) is 29.9 Å². The zero-order valence-electron chi connectivity index (χ0n) is 27.4. The van der Waals surface area contributed by atoms with Crippen LogP contribution in [0.15, 0.2) is 56.6 Å². The number of aromatic nitrogens is 12. The van der Waals surface area contributed by atoms with Gasteiger partial charge in [-0.3, -0.25) is 47.6 Å². The lowest BCUT2D eigenvalue weighted by molar-refractivity contribution is -0.260. The monoisotopic (exact) mass is 698 g/mol. The number of imidazole rings is 2. The zero-order valence-corrected chi connectivity index (χ0v) is 27.4. The number of alkyl halides is 3. The van der Waals surface area contributed by atoms with Crippen LogP contribution >= 0.6 is 0 Å². The van der Waals surface area contributed by atoms with Crippen molar-refractivity contribution in [3.05, 3.63) is 102 Å². The predicted molar refractivity (Wildman–Crippen MR) is 168 cm³/mol. The highest BCUT2D eigenvalue weighted by Gasteiger charge is 2.52. The minimum absolute atomic E-state index is 0.0299. The van der Waals surface area contributed by atoms with Crippen LogP contribution in [0.3, 0.4) is 0 Å². The molecular weight excluding hydrogens is 669 g/mol. The van der Waals surface area contributed by atoms with Gasteiger partial charge in [-0.05, 0) is 6.92 Å². The Bertz CT molecular complexity index is 2500. The normalized spacial score (nSPS) is 12.9. The van der Waals surface area contributed by atoms with Crippen molar-refractivity contribution in [1.29, 1.82) is 0 Å². The summed E-state index contributed by atoms with van der Waals surface area (Å²) in [5, 5.41) is 9.61. The number of Topliss-reactive ketones (excluding diaryl/α,β-unsaturated/α-hetero) is 1. The number of aryl methyl sites for hydroxylation is 4. The van der Waals surface area contributed by atoms with E-state index in [-0.39, 0.29) is 41.4 Å². The molecular formula is C29H29F3N12O6. The summed E-state index contributed by atoms with van der Waals surface area (Å²) in [4.78, 5) is 84.6. The first-order valence-corrected chi connectivity index (χ1v) is 14.5. The molecule has 1 unspecified atom stereocenters. The summed E-state index contributed by atoms with van der Waals surface area (Å²) < 4.78 is 46.1. The number of aliphatic hydroxyl groups is 1. The number of fused-ring (bicyclic) bond motifs is 2. The third kappa shape index (κ3) is 6.13. The number of halogens is 3. The molecule has 262 valence electrons. The Hall–Kier alpha value is -6.12. The van der Waals surface area contributed by atoms with E-state index in [9.17, 15) is 42.3 Å². The Balaban J connectivity index is 0.000000197. The van der Waals surface area contributed by atoms with Gasteiger partial charge in [-0.1, -0.05) is 0 Å². The van der Waals surface area contributed by atoms with Gasteiger partial charge in [-0.15, -0.1) is 0 Å². The van der Waals surface area contributed by atoms with Gasteiger partial charge in [0.25, 0.3) is 11.1 Å². The van der Waals surface area contributed by atoms with E-state index in [1.54, 1.807) is 25.7 Å². The first kappa shape index (κ1) is 35.2. The molecule has 0 aliphatic heterocycles. The third-order valence-electron chi connectivity index (χ3n) is 7.86. The lowest BCUT2D eigenvalue weighted by Crippen LogP contribution is -2.41. The molecule has 6 aromatic heterocycles. The summed E-state index contributed by atoms with van der Waals surface area (Å²) in [7, 11) is 6.29. The van der Waals surface area contributed by atoms with E-state index in [1.165, 1.54) is 52.7 Å². The zero-order chi connectivity index (χ0) is 36.9. The average molecular weight is 699 g/mol. The van der Waals surface area contributed by atoms with Gasteiger partial charge in [0, 0.05) is 35.1 Å². The van der Waals surface area contributed by atoms with Crippen LogP contribution < -0.4 is 22.5 Å². The second kappa shape index (κ2) is 12.7. The third-order valence-corrected chi connectivity index (χ3v) is 7.86. The Morgan fingerprint density at radius 1 is 0.700 bits per heavy atom. The second-order valence-corrected chi connectivity index (χ2v) is 11.4. The van der Waals surface area contributed by atoms with Crippen LogP contribution in [0.1, 0.15) is 41.4 Å². The average Bonchev–Trinajstić information content (AvgIpc) is 3.66. The molecule has 0 bridgehead atoms. The first-order chi connectivity index (χ1) is 23.3. The Morgan fingerprint density at radius 2 is 1.14 bits per heavy atom. The smallest absolute Gasteiger partial charge is 0.375 e. The number of nitrogens with zero attached hydrogens (tertiary/aromatic N) is 12. The van der Waals surface area contributed by atoms with Crippen molar-refractivity contribution in [1.82, 2.24) is 57.3 Å². The molecule has 0 saturated carbocycles. The van der Waals surface area contributed by atoms with Gasteiger partial charge in [0.05, 0.1) is 67.6 Å². The lowest BCUT2D eigenvalue weighted by atomic mass is 10.0. The highest BCUT2D eigenvalue weighted by molar-refractivity contribution is 5.91. The van der Waals surface area contributed by atoms with Crippen molar-refractivity contribution in [3.8, 4) is 0 Å². The Kier molecular flexibility index (Phi) is 8.96. The van der Waals surface area contributed by atoms with E-state index in [0.717, 1.165) is 21.5 Å². The van der Waals surface area contributed by atoms with Gasteiger partial charge < -0.3 is 14.2 Å². The number of hydrogen-bond acceptors (Lipinski definition) is 12. The predicted octanol–water partition coefficient (Wildman–Crippen LogP) is -0.484. The largest absolute Gasteiger partial charge is 0.422 e. The molecule has 0 amide bonds. The number of ketones is 1. The quantitative estimate of drug-likeness (QED) is 0.219. The highest BCUT2D eigenvalue weighted by atomic mass is 19.4. The highest BCUT2D eigenvalue weighted by Crippen LogP contribution is 2.37. The van der Waals surface area contributed by atoms with Gasteiger partial charge in [-0.25, -0.2) is 24.5 Å². The topological polar surface area (TPSA) is 212 Å². The van der Waals surface area contributed by atoms with Crippen molar-refractivity contribution < 1.29 is 23.1 Å². The number of carbonyl (C=O) groups excluding carboxylic acids is 1. The summed E-state index contributed by atoms with van der Waals surface area (Å²) >= 11 is 0. The summed E-state index contributed by atoms with van der Waals surface area (Å²) in [6.07, 6.45) is 2.41. The molecule has 6 heterocycles. The van der Waals surface area contributed by atoms with Gasteiger partial charge >= 0.3 is 17.6 Å². The number of carbonyl (C=O) groups is 1. The molecule has 0 aliphatic carbocycles.